The second kappa shape index (κ2) is 15.9. The van der Waals surface area contributed by atoms with Gasteiger partial charge in [-0.25, -0.2) is 0 Å². The Morgan fingerprint density at radius 2 is 1.49 bits per heavy atom. The van der Waals surface area contributed by atoms with Crippen LogP contribution in [0.3, 0.4) is 0 Å². The van der Waals surface area contributed by atoms with Crippen molar-refractivity contribution in [3.63, 3.8) is 0 Å². The summed E-state index contributed by atoms with van der Waals surface area (Å²) in [7, 11) is 0.237. The maximum absolute atomic E-state index is 10.5. The van der Waals surface area contributed by atoms with Crippen LogP contribution in [0.15, 0.2) is 0 Å². The summed E-state index contributed by atoms with van der Waals surface area (Å²) >= 11 is 0. The van der Waals surface area contributed by atoms with E-state index in [-0.39, 0.29) is 15.6 Å². The van der Waals surface area contributed by atoms with E-state index < -0.39 is 5.97 Å². The van der Waals surface area contributed by atoms with Gasteiger partial charge in [-0.2, -0.15) is 0 Å². The highest BCUT2D eigenvalue weighted by molar-refractivity contribution is 7.97. The van der Waals surface area contributed by atoms with Gasteiger partial charge in [-0.05, 0) is 97.3 Å². The summed E-state index contributed by atoms with van der Waals surface area (Å²) in [5, 5.41) is 8.68. The number of hydrogen-bond donors (Lipinski definition) is 1. The normalized spacial score (nSPS) is 16.2. The summed E-state index contributed by atoms with van der Waals surface area (Å²) in [5.41, 5.74) is 5.15. The van der Waals surface area contributed by atoms with Gasteiger partial charge in [0, 0.05) is 22.9 Å². The van der Waals surface area contributed by atoms with Crippen LogP contribution in [0.2, 0.25) is 0 Å². The fourth-order valence-electron chi connectivity index (χ4n) is 5.45. The average molecular weight is 536 g/mol. The van der Waals surface area contributed by atoms with Crippen molar-refractivity contribution in [2.45, 2.75) is 149 Å². The van der Waals surface area contributed by atoms with E-state index in [1.807, 2.05) is 0 Å². The van der Waals surface area contributed by atoms with Crippen molar-refractivity contribution in [1.29, 1.82) is 0 Å². The van der Waals surface area contributed by atoms with Crippen LogP contribution in [0.5, 0.6) is 11.5 Å². The molecule has 0 spiro atoms. The smallest absolute Gasteiger partial charge is 0.303 e. The molecule has 0 saturated heterocycles. The number of carboxylic acid groups (broad SMARTS) is 1. The molecule has 0 radical (unpaired) electrons. The monoisotopic (exact) mass is 535 g/mol. The first-order valence-corrected chi connectivity index (χ1v) is 16.4. The van der Waals surface area contributed by atoms with Crippen molar-refractivity contribution in [1.82, 2.24) is 0 Å². The Morgan fingerprint density at radius 3 is 2.03 bits per heavy atom. The van der Waals surface area contributed by atoms with Crippen LogP contribution in [0, 0.1) is 20.8 Å². The SMILES string of the molecule is CC[S+](COc1c(C)c(C)c2c(c1C)CCC(CCCCCCCCCCCCC(=O)O)O2)C(C)(C)C. The van der Waals surface area contributed by atoms with Gasteiger partial charge in [0.1, 0.15) is 22.0 Å². The van der Waals surface area contributed by atoms with E-state index in [1.54, 1.807) is 0 Å². The van der Waals surface area contributed by atoms with E-state index in [2.05, 4.69) is 48.5 Å². The van der Waals surface area contributed by atoms with Gasteiger partial charge in [-0.15, -0.1) is 0 Å². The number of unbranched alkanes of at least 4 members (excludes halogenated alkanes) is 9. The molecular weight excluding hydrogens is 480 g/mol. The molecule has 0 saturated carbocycles. The zero-order valence-electron chi connectivity index (χ0n) is 25.0. The molecule has 2 rings (SSSR count). The second-order valence-corrected chi connectivity index (χ2v) is 14.9. The van der Waals surface area contributed by atoms with Crippen LogP contribution >= 0.6 is 0 Å². The Kier molecular flexibility index (Phi) is 13.7. The van der Waals surface area contributed by atoms with Gasteiger partial charge < -0.3 is 14.6 Å². The zero-order chi connectivity index (χ0) is 27.4. The molecule has 1 aromatic carbocycles. The summed E-state index contributed by atoms with van der Waals surface area (Å²) in [4.78, 5) is 10.5. The first kappa shape index (κ1) is 31.9. The molecule has 1 aromatic rings. The topological polar surface area (TPSA) is 55.8 Å². The van der Waals surface area contributed by atoms with Crippen molar-refractivity contribution < 1.29 is 19.4 Å². The van der Waals surface area contributed by atoms with Crippen molar-refractivity contribution in [3.05, 3.63) is 22.3 Å². The summed E-state index contributed by atoms with van der Waals surface area (Å²) in [6.45, 7) is 15.9. The number of carboxylic acids is 1. The highest BCUT2D eigenvalue weighted by Crippen LogP contribution is 2.42. The Labute approximate surface area is 230 Å². The molecule has 2 atom stereocenters. The van der Waals surface area contributed by atoms with Gasteiger partial charge in [0.15, 0.2) is 0 Å². The third-order valence-electron chi connectivity index (χ3n) is 8.04. The minimum absolute atomic E-state index is 0.237. The predicted octanol–water partition coefficient (Wildman–Crippen LogP) is 8.84. The molecule has 2 unspecified atom stereocenters. The minimum Gasteiger partial charge on any atom is -0.490 e. The predicted molar refractivity (Wildman–Crippen MR) is 160 cm³/mol. The lowest BCUT2D eigenvalue weighted by atomic mass is 9.90. The Balaban J connectivity index is 1.73. The molecular formula is C32H55O4S+. The molecule has 1 aliphatic rings. The number of rotatable bonds is 17. The first-order valence-electron chi connectivity index (χ1n) is 14.9. The fraction of sp³-hybridized carbons (Fsp3) is 0.781. The van der Waals surface area contributed by atoms with Crippen LogP contribution in [-0.4, -0.2) is 33.6 Å². The van der Waals surface area contributed by atoms with Crippen molar-refractivity contribution in [3.8, 4) is 11.5 Å². The van der Waals surface area contributed by atoms with E-state index in [0.29, 0.717) is 12.5 Å². The maximum atomic E-state index is 10.5. The lowest BCUT2D eigenvalue weighted by Crippen LogP contribution is -2.34. The number of carbonyl (C=O) groups is 1. The Bertz CT molecular complexity index is 842. The number of fused-ring (bicyclic) bond motifs is 1. The molecule has 212 valence electrons. The minimum atomic E-state index is -0.667. The molecule has 0 amide bonds. The lowest BCUT2D eigenvalue weighted by molar-refractivity contribution is -0.137. The zero-order valence-corrected chi connectivity index (χ0v) is 25.8. The standard InChI is InChI=1S/C32H54O4S/c1-8-37(32(5,6)7)23-35-30-24(2)25(3)31-28(26(30)4)22-21-27(36-31)19-17-15-13-11-9-10-12-14-16-18-20-29(33)34/h27H,8-23H2,1-7H3/p+1. The highest BCUT2D eigenvalue weighted by atomic mass is 32.2. The summed E-state index contributed by atoms with van der Waals surface area (Å²) in [6, 6.07) is 0. The molecule has 0 aromatic heterocycles. The molecule has 1 N–H and O–H groups in total. The van der Waals surface area contributed by atoms with Gasteiger partial charge in [0.2, 0.25) is 5.94 Å². The van der Waals surface area contributed by atoms with E-state index in [1.165, 1.54) is 73.6 Å². The van der Waals surface area contributed by atoms with Crippen molar-refractivity contribution in [2.75, 3.05) is 11.7 Å². The fourth-order valence-corrected chi connectivity index (χ4v) is 7.10. The van der Waals surface area contributed by atoms with Gasteiger partial charge >= 0.3 is 5.97 Å². The Hall–Kier alpha value is -1.36. The lowest BCUT2D eigenvalue weighted by Gasteiger charge is -2.31. The molecule has 1 heterocycles. The average Bonchev–Trinajstić information content (AvgIpc) is 2.84. The third kappa shape index (κ3) is 10.4. The number of ether oxygens (including phenoxy) is 2. The summed E-state index contributed by atoms with van der Waals surface area (Å²) in [6.07, 6.45) is 16.1. The first-order chi connectivity index (χ1) is 17.6. The van der Waals surface area contributed by atoms with Crippen molar-refractivity contribution >= 4 is 16.9 Å². The van der Waals surface area contributed by atoms with E-state index in [0.717, 1.165) is 55.3 Å². The third-order valence-corrected chi connectivity index (χ3v) is 10.9. The number of benzene rings is 1. The summed E-state index contributed by atoms with van der Waals surface area (Å²) in [5.74, 6) is 3.52. The van der Waals surface area contributed by atoms with Gasteiger partial charge in [0.25, 0.3) is 0 Å². The molecule has 4 nitrogen and oxygen atoms in total. The van der Waals surface area contributed by atoms with Gasteiger partial charge in [-0.3, -0.25) is 4.79 Å². The van der Waals surface area contributed by atoms with Crippen LogP contribution in [0.25, 0.3) is 0 Å². The molecule has 0 bridgehead atoms. The largest absolute Gasteiger partial charge is 0.490 e. The highest BCUT2D eigenvalue weighted by Gasteiger charge is 2.34. The Morgan fingerprint density at radius 1 is 0.919 bits per heavy atom. The maximum Gasteiger partial charge on any atom is 0.303 e. The van der Waals surface area contributed by atoms with Gasteiger partial charge in [0.05, 0.1) is 6.10 Å². The molecule has 37 heavy (non-hydrogen) atoms. The van der Waals surface area contributed by atoms with Gasteiger partial charge in [-0.1, -0.05) is 51.4 Å². The number of hydrogen-bond acceptors (Lipinski definition) is 3. The van der Waals surface area contributed by atoms with E-state index >= 15 is 0 Å². The van der Waals surface area contributed by atoms with Crippen molar-refractivity contribution in [2.24, 2.45) is 0 Å². The van der Waals surface area contributed by atoms with Crippen LogP contribution in [-0.2, 0) is 22.1 Å². The van der Waals surface area contributed by atoms with Crippen LogP contribution in [0.4, 0.5) is 0 Å². The quantitative estimate of drug-likeness (QED) is 0.160. The second-order valence-electron chi connectivity index (χ2n) is 11.9. The van der Waals surface area contributed by atoms with Crippen LogP contribution < -0.4 is 9.47 Å². The van der Waals surface area contributed by atoms with E-state index in [9.17, 15) is 4.79 Å². The summed E-state index contributed by atoms with van der Waals surface area (Å²) < 4.78 is 13.4. The molecule has 0 aliphatic carbocycles. The van der Waals surface area contributed by atoms with E-state index in [4.69, 9.17) is 14.6 Å². The van der Waals surface area contributed by atoms with Crippen LogP contribution in [0.1, 0.15) is 133 Å². The molecule has 1 aliphatic heterocycles. The molecule has 5 heteroatoms. The molecule has 0 fully saturated rings. The number of aliphatic carboxylic acids is 1.